The van der Waals surface area contributed by atoms with Crippen LogP contribution in [0.3, 0.4) is 0 Å². The SMILES string of the molecule is C=CC(O)(c1ccccc1)C(OC)OC. The van der Waals surface area contributed by atoms with Crippen molar-refractivity contribution in [3.63, 3.8) is 0 Å². The summed E-state index contributed by atoms with van der Waals surface area (Å²) in [6.45, 7) is 3.62. The van der Waals surface area contributed by atoms with E-state index in [0.717, 1.165) is 0 Å². The van der Waals surface area contributed by atoms with E-state index < -0.39 is 11.9 Å². The second-order valence-electron chi connectivity index (χ2n) is 3.20. The lowest BCUT2D eigenvalue weighted by molar-refractivity contribution is -0.200. The van der Waals surface area contributed by atoms with E-state index in [4.69, 9.17) is 9.47 Å². The smallest absolute Gasteiger partial charge is 0.193 e. The first-order valence-electron chi connectivity index (χ1n) is 4.66. The molecule has 0 aromatic heterocycles. The van der Waals surface area contributed by atoms with Crippen LogP contribution < -0.4 is 0 Å². The van der Waals surface area contributed by atoms with E-state index in [0.29, 0.717) is 5.56 Å². The largest absolute Gasteiger partial charge is 0.376 e. The number of hydrogen-bond acceptors (Lipinski definition) is 3. The van der Waals surface area contributed by atoms with Gasteiger partial charge in [-0.3, -0.25) is 0 Å². The van der Waals surface area contributed by atoms with Crippen molar-refractivity contribution in [1.29, 1.82) is 0 Å². The molecule has 1 aromatic rings. The zero-order valence-corrected chi connectivity index (χ0v) is 9.01. The normalized spacial score (nSPS) is 14.9. The van der Waals surface area contributed by atoms with Gasteiger partial charge in [0.15, 0.2) is 11.9 Å². The van der Waals surface area contributed by atoms with Crippen molar-refractivity contribution >= 4 is 0 Å². The highest BCUT2D eigenvalue weighted by Crippen LogP contribution is 2.28. The molecule has 1 rings (SSSR count). The molecule has 1 atom stereocenters. The second kappa shape index (κ2) is 5.07. The molecule has 3 heteroatoms. The van der Waals surface area contributed by atoms with Crippen LogP contribution in [0.2, 0.25) is 0 Å². The van der Waals surface area contributed by atoms with E-state index >= 15 is 0 Å². The van der Waals surface area contributed by atoms with Crippen molar-refractivity contribution in [3.05, 3.63) is 48.6 Å². The summed E-state index contributed by atoms with van der Waals surface area (Å²) < 4.78 is 10.1. The number of hydrogen-bond donors (Lipinski definition) is 1. The van der Waals surface area contributed by atoms with Crippen LogP contribution in [0.15, 0.2) is 43.0 Å². The lowest BCUT2D eigenvalue weighted by Gasteiger charge is -2.31. The van der Waals surface area contributed by atoms with Gasteiger partial charge >= 0.3 is 0 Å². The fourth-order valence-corrected chi connectivity index (χ4v) is 1.51. The van der Waals surface area contributed by atoms with Crippen LogP contribution in [-0.4, -0.2) is 25.6 Å². The molecule has 3 nitrogen and oxygen atoms in total. The molecule has 15 heavy (non-hydrogen) atoms. The van der Waals surface area contributed by atoms with Crippen LogP contribution in [0.25, 0.3) is 0 Å². The van der Waals surface area contributed by atoms with E-state index in [1.54, 1.807) is 12.1 Å². The van der Waals surface area contributed by atoms with E-state index in [-0.39, 0.29) is 0 Å². The molecule has 1 aromatic carbocycles. The highest BCUT2D eigenvalue weighted by Gasteiger charge is 2.36. The van der Waals surface area contributed by atoms with Gasteiger partial charge < -0.3 is 14.6 Å². The summed E-state index contributed by atoms with van der Waals surface area (Å²) in [5.41, 5.74) is -0.640. The summed E-state index contributed by atoms with van der Waals surface area (Å²) in [5.74, 6) is 0. The van der Waals surface area contributed by atoms with Crippen LogP contribution in [0.5, 0.6) is 0 Å². The van der Waals surface area contributed by atoms with Gasteiger partial charge in [-0.15, -0.1) is 0 Å². The first-order valence-corrected chi connectivity index (χ1v) is 4.66. The fourth-order valence-electron chi connectivity index (χ4n) is 1.51. The minimum atomic E-state index is -1.33. The average molecular weight is 208 g/mol. The zero-order chi connectivity index (χ0) is 11.3. The maximum atomic E-state index is 10.4. The monoisotopic (exact) mass is 208 g/mol. The average Bonchev–Trinajstić information content (AvgIpc) is 2.31. The molecule has 1 N–H and O–H groups in total. The Labute approximate surface area is 90.0 Å². The third kappa shape index (κ3) is 2.26. The van der Waals surface area contributed by atoms with Gasteiger partial charge in [-0.2, -0.15) is 0 Å². The van der Waals surface area contributed by atoms with Crippen molar-refractivity contribution in [2.45, 2.75) is 11.9 Å². The summed E-state index contributed by atoms with van der Waals surface area (Å²) in [7, 11) is 2.96. The summed E-state index contributed by atoms with van der Waals surface area (Å²) in [5, 5.41) is 10.4. The Kier molecular flexibility index (Phi) is 4.03. The molecule has 0 amide bonds. The van der Waals surface area contributed by atoms with Crippen molar-refractivity contribution < 1.29 is 14.6 Å². The Morgan fingerprint density at radius 3 is 2.20 bits per heavy atom. The van der Waals surface area contributed by atoms with E-state index in [9.17, 15) is 5.11 Å². The molecule has 0 fully saturated rings. The molecule has 0 aliphatic carbocycles. The van der Waals surface area contributed by atoms with Crippen LogP contribution in [0.4, 0.5) is 0 Å². The highest BCUT2D eigenvalue weighted by atomic mass is 16.7. The predicted octanol–water partition coefficient (Wildman–Crippen LogP) is 1.68. The number of methoxy groups -OCH3 is 2. The number of rotatable bonds is 5. The topological polar surface area (TPSA) is 38.7 Å². The first kappa shape index (κ1) is 11.9. The van der Waals surface area contributed by atoms with Crippen LogP contribution >= 0.6 is 0 Å². The van der Waals surface area contributed by atoms with Gasteiger partial charge in [0.2, 0.25) is 0 Å². The maximum absolute atomic E-state index is 10.4. The molecule has 0 aliphatic rings. The minimum absolute atomic E-state index is 0.689. The lowest BCUT2D eigenvalue weighted by atomic mass is 9.93. The van der Waals surface area contributed by atoms with E-state index in [1.165, 1.54) is 20.3 Å². The summed E-state index contributed by atoms with van der Waals surface area (Å²) >= 11 is 0. The number of benzene rings is 1. The van der Waals surface area contributed by atoms with Crippen molar-refractivity contribution in [2.24, 2.45) is 0 Å². The molecule has 1 unspecified atom stereocenters. The van der Waals surface area contributed by atoms with Gasteiger partial charge in [-0.05, 0) is 5.56 Å². The molecule has 0 spiro atoms. The highest BCUT2D eigenvalue weighted by molar-refractivity contribution is 5.27. The van der Waals surface area contributed by atoms with Crippen molar-refractivity contribution in [3.8, 4) is 0 Å². The Balaban J connectivity index is 3.09. The summed E-state index contributed by atoms with van der Waals surface area (Å²) in [4.78, 5) is 0. The van der Waals surface area contributed by atoms with Crippen molar-refractivity contribution in [2.75, 3.05) is 14.2 Å². The van der Waals surface area contributed by atoms with Crippen LogP contribution in [0.1, 0.15) is 5.56 Å². The third-order valence-electron chi connectivity index (χ3n) is 2.33. The standard InChI is InChI=1S/C12H16O3/c1-4-12(13,11(14-2)15-3)10-8-6-5-7-9-10/h4-9,11,13H,1H2,2-3H3. The lowest BCUT2D eigenvalue weighted by Crippen LogP contribution is -2.40. The molecule has 82 valence electrons. The molecular weight excluding hydrogens is 192 g/mol. The number of ether oxygens (including phenoxy) is 2. The summed E-state index contributed by atoms with van der Waals surface area (Å²) in [6, 6.07) is 9.15. The van der Waals surface area contributed by atoms with Gasteiger partial charge in [0, 0.05) is 14.2 Å². The third-order valence-corrected chi connectivity index (χ3v) is 2.33. The van der Waals surface area contributed by atoms with Gasteiger partial charge in [0.1, 0.15) is 0 Å². The molecule has 0 bridgehead atoms. The zero-order valence-electron chi connectivity index (χ0n) is 9.01. The Morgan fingerprint density at radius 1 is 1.27 bits per heavy atom. The second-order valence-corrected chi connectivity index (χ2v) is 3.20. The Morgan fingerprint density at radius 2 is 1.80 bits per heavy atom. The quantitative estimate of drug-likeness (QED) is 0.591. The van der Waals surface area contributed by atoms with Gasteiger partial charge in [0.25, 0.3) is 0 Å². The maximum Gasteiger partial charge on any atom is 0.193 e. The van der Waals surface area contributed by atoms with Crippen LogP contribution in [0, 0.1) is 0 Å². The molecule has 0 radical (unpaired) electrons. The van der Waals surface area contributed by atoms with Gasteiger partial charge in [0.05, 0.1) is 0 Å². The Bertz CT molecular complexity index is 306. The van der Waals surface area contributed by atoms with Crippen molar-refractivity contribution in [1.82, 2.24) is 0 Å². The van der Waals surface area contributed by atoms with E-state index in [1.807, 2.05) is 18.2 Å². The van der Waals surface area contributed by atoms with Gasteiger partial charge in [-0.25, -0.2) is 0 Å². The number of aliphatic hydroxyl groups is 1. The predicted molar refractivity (Wildman–Crippen MR) is 58.3 cm³/mol. The molecule has 0 saturated carbocycles. The van der Waals surface area contributed by atoms with E-state index in [2.05, 4.69) is 6.58 Å². The fraction of sp³-hybridized carbons (Fsp3) is 0.333. The van der Waals surface area contributed by atoms with Crippen LogP contribution in [-0.2, 0) is 15.1 Å². The molecule has 0 aliphatic heterocycles. The summed E-state index contributed by atoms with van der Waals surface area (Å²) in [6.07, 6.45) is 0.650. The molecule has 0 heterocycles. The molecular formula is C12H16O3. The first-order chi connectivity index (χ1) is 7.19. The Hall–Kier alpha value is -1.16. The van der Waals surface area contributed by atoms with Gasteiger partial charge in [-0.1, -0.05) is 43.0 Å². The molecule has 0 saturated heterocycles. The minimum Gasteiger partial charge on any atom is -0.376 e.